The average molecular weight is 604 g/mol. The molecule has 7 nitrogen and oxygen atoms in total. The quantitative estimate of drug-likeness (QED) is 0.180. The molecule has 2 atom stereocenters. The van der Waals surface area contributed by atoms with E-state index in [1.165, 1.54) is 0 Å². The van der Waals surface area contributed by atoms with Gasteiger partial charge in [-0.25, -0.2) is 0 Å². The third-order valence-corrected chi connectivity index (χ3v) is 8.22. The molecule has 3 aromatic carbocycles. The molecule has 0 saturated carbocycles. The van der Waals surface area contributed by atoms with E-state index < -0.39 is 0 Å². The summed E-state index contributed by atoms with van der Waals surface area (Å²) in [5.41, 5.74) is 3.43. The van der Waals surface area contributed by atoms with Gasteiger partial charge in [-0.15, -0.1) is 0 Å². The number of benzene rings is 3. The summed E-state index contributed by atoms with van der Waals surface area (Å²) >= 11 is 12.5. The maximum Gasteiger partial charge on any atom is 0.254 e. The van der Waals surface area contributed by atoms with Gasteiger partial charge in [-0.3, -0.25) is 19.4 Å². The van der Waals surface area contributed by atoms with Crippen LogP contribution in [0.15, 0.2) is 85.1 Å². The van der Waals surface area contributed by atoms with E-state index in [1.54, 1.807) is 24.4 Å². The van der Waals surface area contributed by atoms with Crippen LogP contribution in [0, 0.1) is 0 Å². The number of aromatic nitrogens is 1. The van der Waals surface area contributed by atoms with Crippen molar-refractivity contribution in [2.75, 3.05) is 13.1 Å². The van der Waals surface area contributed by atoms with E-state index in [0.29, 0.717) is 54.4 Å². The van der Waals surface area contributed by atoms with Crippen LogP contribution in [-0.2, 0) is 22.6 Å². The molecule has 1 aliphatic rings. The minimum absolute atomic E-state index is 0.0462. The number of pyridine rings is 1. The van der Waals surface area contributed by atoms with E-state index in [4.69, 9.17) is 23.2 Å². The highest BCUT2D eigenvalue weighted by Gasteiger charge is 2.36. The number of halogens is 2. The van der Waals surface area contributed by atoms with Crippen molar-refractivity contribution in [3.05, 3.63) is 112 Å². The van der Waals surface area contributed by atoms with Gasteiger partial charge in [0.2, 0.25) is 12.3 Å². The Kier molecular flexibility index (Phi) is 9.72. The molecule has 3 amide bonds. The van der Waals surface area contributed by atoms with Crippen molar-refractivity contribution in [3.63, 3.8) is 0 Å². The van der Waals surface area contributed by atoms with Gasteiger partial charge in [0, 0.05) is 65.3 Å². The number of carbonyl (C=O) groups excluding carboxylic acids is 3. The summed E-state index contributed by atoms with van der Waals surface area (Å²) in [5.74, 6) is -0.179. The van der Waals surface area contributed by atoms with Crippen LogP contribution >= 0.6 is 23.2 Å². The van der Waals surface area contributed by atoms with Gasteiger partial charge in [-0.2, -0.15) is 0 Å². The van der Waals surface area contributed by atoms with Crippen molar-refractivity contribution in [3.8, 4) is 0 Å². The molecular weight excluding hydrogens is 571 g/mol. The molecule has 0 unspecified atom stereocenters. The van der Waals surface area contributed by atoms with Gasteiger partial charge in [-0.1, -0.05) is 71.7 Å². The molecule has 216 valence electrons. The minimum Gasteiger partial charge on any atom is -0.358 e. The Balaban J connectivity index is 1.45. The second kappa shape index (κ2) is 13.8. The standard InChI is InChI=1S/C33H32Cl2N4O3/c34-26-17-25(18-27(35)19-26)33(42)38-15-12-28(20-29(38)16-23-6-2-1-3-7-23)39(32(41)11-13-36-22-40)21-24-10-14-37-31-9-5-4-8-30(24)31/h1-10,14,17-19,22,28-29H,11-13,15-16,20-21H2,(H,36,40)/t28-,29+/m0/s1. The Morgan fingerprint density at radius 1 is 1.00 bits per heavy atom. The lowest BCUT2D eigenvalue weighted by Gasteiger charge is -2.44. The zero-order valence-corrected chi connectivity index (χ0v) is 24.6. The number of carbonyl (C=O) groups is 3. The molecule has 1 aromatic heterocycles. The number of rotatable bonds is 10. The molecule has 2 heterocycles. The molecule has 42 heavy (non-hydrogen) atoms. The molecule has 1 fully saturated rings. The summed E-state index contributed by atoms with van der Waals surface area (Å²) in [6, 6.07) is 24.5. The number of piperidine rings is 1. The van der Waals surface area contributed by atoms with Crippen molar-refractivity contribution >= 4 is 52.3 Å². The predicted molar refractivity (Wildman–Crippen MR) is 165 cm³/mol. The lowest BCUT2D eigenvalue weighted by Crippen LogP contribution is -2.54. The first kappa shape index (κ1) is 29.5. The largest absolute Gasteiger partial charge is 0.358 e. The fourth-order valence-corrected chi connectivity index (χ4v) is 6.31. The summed E-state index contributed by atoms with van der Waals surface area (Å²) in [7, 11) is 0. The first-order valence-corrected chi connectivity index (χ1v) is 14.8. The third-order valence-electron chi connectivity index (χ3n) is 7.78. The van der Waals surface area contributed by atoms with Gasteiger partial charge >= 0.3 is 0 Å². The smallest absolute Gasteiger partial charge is 0.254 e. The van der Waals surface area contributed by atoms with Gasteiger partial charge in [0.1, 0.15) is 0 Å². The number of hydrogen-bond donors (Lipinski definition) is 1. The maximum absolute atomic E-state index is 13.8. The normalized spacial score (nSPS) is 16.7. The van der Waals surface area contributed by atoms with Crippen LogP contribution in [0.1, 0.15) is 40.7 Å². The SMILES string of the molecule is O=CNCCC(=O)N(Cc1ccnc2ccccc12)[C@H]1CCN(C(=O)c2cc(Cl)cc(Cl)c2)[C@H](Cc2ccccc2)C1. The van der Waals surface area contributed by atoms with E-state index in [9.17, 15) is 14.4 Å². The molecule has 0 bridgehead atoms. The van der Waals surface area contributed by atoms with Crippen LogP contribution in [0.3, 0.4) is 0 Å². The monoisotopic (exact) mass is 602 g/mol. The van der Waals surface area contributed by atoms with Crippen molar-refractivity contribution in [2.45, 2.75) is 44.3 Å². The highest BCUT2D eigenvalue weighted by atomic mass is 35.5. The number of amides is 3. The van der Waals surface area contributed by atoms with Gasteiger partial charge in [0.15, 0.2) is 0 Å². The van der Waals surface area contributed by atoms with E-state index in [-0.39, 0.29) is 36.9 Å². The maximum atomic E-state index is 13.8. The summed E-state index contributed by atoms with van der Waals surface area (Å²) in [6.07, 6.45) is 4.42. The topological polar surface area (TPSA) is 82.6 Å². The van der Waals surface area contributed by atoms with Gasteiger partial charge < -0.3 is 15.1 Å². The fourth-order valence-electron chi connectivity index (χ4n) is 5.78. The van der Waals surface area contributed by atoms with E-state index in [0.717, 1.165) is 22.0 Å². The lowest BCUT2D eigenvalue weighted by atomic mass is 9.90. The summed E-state index contributed by atoms with van der Waals surface area (Å²) in [4.78, 5) is 46.7. The van der Waals surface area contributed by atoms with Crippen molar-refractivity contribution in [1.29, 1.82) is 0 Å². The highest BCUT2D eigenvalue weighted by molar-refractivity contribution is 6.35. The van der Waals surface area contributed by atoms with E-state index >= 15 is 0 Å². The summed E-state index contributed by atoms with van der Waals surface area (Å²) < 4.78 is 0. The first-order chi connectivity index (χ1) is 20.4. The summed E-state index contributed by atoms with van der Waals surface area (Å²) in [5, 5.41) is 4.42. The molecule has 0 spiro atoms. The molecule has 9 heteroatoms. The zero-order valence-electron chi connectivity index (χ0n) is 23.1. The van der Waals surface area contributed by atoms with Crippen molar-refractivity contribution in [1.82, 2.24) is 20.1 Å². The van der Waals surface area contributed by atoms with Gasteiger partial charge in [0.05, 0.1) is 5.52 Å². The number of likely N-dealkylation sites (tertiary alicyclic amines) is 1. The fraction of sp³-hybridized carbons (Fsp3) is 0.273. The average Bonchev–Trinajstić information content (AvgIpc) is 2.99. The molecule has 5 rings (SSSR count). The molecular formula is C33H32Cl2N4O3. The van der Waals surface area contributed by atoms with E-state index in [1.807, 2.05) is 58.3 Å². The lowest BCUT2D eigenvalue weighted by molar-refractivity contribution is -0.135. The Morgan fingerprint density at radius 2 is 1.74 bits per heavy atom. The Hall–Kier alpha value is -3.94. The predicted octanol–water partition coefficient (Wildman–Crippen LogP) is 5.92. The zero-order chi connectivity index (χ0) is 29.5. The number of para-hydroxylation sites is 1. The Morgan fingerprint density at radius 3 is 2.50 bits per heavy atom. The third kappa shape index (κ3) is 7.09. The summed E-state index contributed by atoms with van der Waals surface area (Å²) in [6.45, 7) is 1.14. The molecule has 4 aromatic rings. The second-order valence-electron chi connectivity index (χ2n) is 10.5. The van der Waals surface area contributed by atoms with Crippen LogP contribution in [0.2, 0.25) is 10.0 Å². The van der Waals surface area contributed by atoms with Crippen molar-refractivity contribution in [2.24, 2.45) is 0 Å². The minimum atomic E-state index is -0.158. The Labute approximate surface area is 255 Å². The van der Waals surface area contributed by atoms with Crippen LogP contribution in [0.4, 0.5) is 0 Å². The number of nitrogens with one attached hydrogen (secondary N) is 1. The number of nitrogens with zero attached hydrogens (tertiary/aromatic N) is 3. The molecule has 0 aliphatic carbocycles. The van der Waals surface area contributed by atoms with Crippen LogP contribution in [0.5, 0.6) is 0 Å². The van der Waals surface area contributed by atoms with Crippen LogP contribution < -0.4 is 5.32 Å². The molecule has 1 saturated heterocycles. The highest BCUT2D eigenvalue weighted by Crippen LogP contribution is 2.30. The molecule has 0 radical (unpaired) electrons. The van der Waals surface area contributed by atoms with Crippen LogP contribution in [0.25, 0.3) is 10.9 Å². The number of hydrogen-bond acceptors (Lipinski definition) is 4. The van der Waals surface area contributed by atoms with Crippen molar-refractivity contribution < 1.29 is 14.4 Å². The first-order valence-electron chi connectivity index (χ1n) is 14.0. The van der Waals surface area contributed by atoms with Gasteiger partial charge in [-0.05, 0) is 60.7 Å². The molecule has 1 aliphatic heterocycles. The molecule has 1 N–H and O–H groups in total. The Bertz CT molecular complexity index is 1540. The van der Waals surface area contributed by atoms with Gasteiger partial charge in [0.25, 0.3) is 5.91 Å². The van der Waals surface area contributed by atoms with E-state index in [2.05, 4.69) is 22.4 Å². The number of fused-ring (bicyclic) bond motifs is 1. The second-order valence-corrected chi connectivity index (χ2v) is 11.4. The van der Waals surface area contributed by atoms with Crippen LogP contribution in [-0.4, -0.2) is 58.2 Å².